The standard InChI is InChI=1S/C21H27ClN2O4S/c1-7-17(21(25)23-20-14(3)10-13(2)11-15(20)4)24(29(6,26)27)18-12-16(22)8-9-19(18)28-5/h8-12,17H,7H2,1-6H3,(H,23,25)/t17-/m1/s1. The fraction of sp³-hybridized carbons (Fsp3) is 0.381. The zero-order chi connectivity index (χ0) is 21.9. The maximum absolute atomic E-state index is 13.2. The molecule has 0 fully saturated rings. The number of sulfonamides is 1. The Morgan fingerprint density at radius 1 is 1.17 bits per heavy atom. The molecular weight excluding hydrogens is 412 g/mol. The lowest BCUT2D eigenvalue weighted by Crippen LogP contribution is -2.47. The Morgan fingerprint density at radius 3 is 2.24 bits per heavy atom. The van der Waals surface area contributed by atoms with Crippen LogP contribution in [0.15, 0.2) is 30.3 Å². The van der Waals surface area contributed by atoms with Gasteiger partial charge in [0.2, 0.25) is 15.9 Å². The van der Waals surface area contributed by atoms with Gasteiger partial charge in [0.05, 0.1) is 19.1 Å². The van der Waals surface area contributed by atoms with Crippen LogP contribution in [0.1, 0.15) is 30.0 Å². The average Bonchev–Trinajstić information content (AvgIpc) is 2.61. The molecule has 1 N–H and O–H groups in total. The smallest absolute Gasteiger partial charge is 0.248 e. The number of ether oxygens (including phenoxy) is 1. The van der Waals surface area contributed by atoms with Gasteiger partial charge in [0.15, 0.2) is 0 Å². The summed E-state index contributed by atoms with van der Waals surface area (Å²) in [6.07, 6.45) is 1.32. The molecule has 1 amide bonds. The van der Waals surface area contributed by atoms with Crippen LogP contribution < -0.4 is 14.4 Å². The van der Waals surface area contributed by atoms with Crippen molar-refractivity contribution in [1.82, 2.24) is 0 Å². The second-order valence-corrected chi connectivity index (χ2v) is 9.36. The van der Waals surface area contributed by atoms with E-state index >= 15 is 0 Å². The van der Waals surface area contributed by atoms with Crippen molar-refractivity contribution in [2.45, 2.75) is 40.2 Å². The van der Waals surface area contributed by atoms with E-state index < -0.39 is 22.0 Å². The predicted octanol–water partition coefficient (Wildman–Crippen LogP) is 4.46. The molecule has 29 heavy (non-hydrogen) atoms. The Bertz CT molecular complexity index is 998. The molecule has 0 bridgehead atoms. The van der Waals surface area contributed by atoms with Gasteiger partial charge in [0, 0.05) is 10.7 Å². The van der Waals surface area contributed by atoms with Crippen molar-refractivity contribution in [3.8, 4) is 5.75 Å². The lowest BCUT2D eigenvalue weighted by molar-refractivity contribution is -0.117. The van der Waals surface area contributed by atoms with Gasteiger partial charge in [-0.25, -0.2) is 8.42 Å². The number of aryl methyl sites for hydroxylation is 3. The monoisotopic (exact) mass is 438 g/mol. The number of benzene rings is 2. The van der Waals surface area contributed by atoms with E-state index in [0.717, 1.165) is 27.3 Å². The van der Waals surface area contributed by atoms with E-state index in [2.05, 4.69) is 5.32 Å². The van der Waals surface area contributed by atoms with Crippen LogP contribution in [0.25, 0.3) is 0 Å². The van der Waals surface area contributed by atoms with E-state index in [1.54, 1.807) is 19.1 Å². The Morgan fingerprint density at radius 2 is 1.76 bits per heavy atom. The van der Waals surface area contributed by atoms with Gasteiger partial charge in [-0.1, -0.05) is 36.2 Å². The van der Waals surface area contributed by atoms with E-state index in [4.69, 9.17) is 16.3 Å². The number of halogens is 1. The van der Waals surface area contributed by atoms with Gasteiger partial charge >= 0.3 is 0 Å². The molecule has 6 nitrogen and oxygen atoms in total. The highest BCUT2D eigenvalue weighted by Gasteiger charge is 2.34. The zero-order valence-electron chi connectivity index (χ0n) is 17.5. The summed E-state index contributed by atoms with van der Waals surface area (Å²) in [4.78, 5) is 13.2. The first-order valence-corrected chi connectivity index (χ1v) is 11.4. The van der Waals surface area contributed by atoms with Gasteiger partial charge < -0.3 is 10.1 Å². The van der Waals surface area contributed by atoms with E-state index in [1.807, 2.05) is 32.9 Å². The summed E-state index contributed by atoms with van der Waals surface area (Å²) in [6.45, 7) is 7.56. The fourth-order valence-corrected chi connectivity index (χ4v) is 4.83. The molecule has 0 radical (unpaired) electrons. The summed E-state index contributed by atoms with van der Waals surface area (Å²) < 4.78 is 31.8. The van der Waals surface area contributed by atoms with Gasteiger partial charge in [-0.3, -0.25) is 9.10 Å². The van der Waals surface area contributed by atoms with Gasteiger partial charge in [0.1, 0.15) is 11.8 Å². The van der Waals surface area contributed by atoms with Crippen LogP contribution in [0.5, 0.6) is 5.75 Å². The summed E-state index contributed by atoms with van der Waals surface area (Å²) in [5.74, 6) is -0.108. The topological polar surface area (TPSA) is 75.7 Å². The number of carbonyl (C=O) groups excluding carboxylic acids is 1. The quantitative estimate of drug-likeness (QED) is 0.692. The molecule has 2 aromatic rings. The highest BCUT2D eigenvalue weighted by molar-refractivity contribution is 7.92. The average molecular weight is 439 g/mol. The highest BCUT2D eigenvalue weighted by atomic mass is 35.5. The minimum Gasteiger partial charge on any atom is -0.495 e. The number of anilines is 2. The second kappa shape index (κ2) is 9.05. The van der Waals surface area contributed by atoms with Crippen LogP contribution in [0.3, 0.4) is 0 Å². The third-order valence-corrected chi connectivity index (χ3v) is 6.03. The Balaban J connectivity index is 2.53. The molecule has 0 spiro atoms. The third kappa shape index (κ3) is 5.22. The maximum atomic E-state index is 13.2. The second-order valence-electron chi connectivity index (χ2n) is 7.06. The zero-order valence-corrected chi connectivity index (χ0v) is 19.1. The number of methoxy groups -OCH3 is 1. The maximum Gasteiger partial charge on any atom is 0.248 e. The van der Waals surface area contributed by atoms with Crippen molar-refractivity contribution in [1.29, 1.82) is 0 Å². The highest BCUT2D eigenvalue weighted by Crippen LogP contribution is 2.35. The van der Waals surface area contributed by atoms with E-state index in [0.29, 0.717) is 16.5 Å². The predicted molar refractivity (Wildman–Crippen MR) is 119 cm³/mol. The SMILES string of the molecule is CC[C@H](C(=O)Nc1c(C)cc(C)cc1C)N(c1cc(Cl)ccc1OC)S(C)(=O)=O. The van der Waals surface area contributed by atoms with Crippen LogP contribution in [0, 0.1) is 20.8 Å². The van der Waals surface area contributed by atoms with Crippen molar-refractivity contribution in [2.24, 2.45) is 0 Å². The van der Waals surface area contributed by atoms with Crippen LogP contribution in [0.2, 0.25) is 5.02 Å². The third-order valence-electron chi connectivity index (χ3n) is 4.63. The Kier molecular flexibility index (Phi) is 7.19. The molecule has 0 saturated carbocycles. The molecule has 8 heteroatoms. The number of hydrogen-bond donors (Lipinski definition) is 1. The van der Waals surface area contributed by atoms with Gasteiger partial charge in [-0.2, -0.15) is 0 Å². The Labute approximate surface area is 177 Å². The lowest BCUT2D eigenvalue weighted by Gasteiger charge is -2.31. The van der Waals surface area contributed by atoms with Crippen molar-refractivity contribution in [3.05, 3.63) is 52.0 Å². The van der Waals surface area contributed by atoms with Gasteiger partial charge in [-0.05, 0) is 56.5 Å². The number of rotatable bonds is 7. The lowest BCUT2D eigenvalue weighted by atomic mass is 10.0. The number of hydrogen-bond acceptors (Lipinski definition) is 4. The Hall–Kier alpha value is -2.25. The van der Waals surface area contributed by atoms with E-state index in [1.165, 1.54) is 13.2 Å². The van der Waals surface area contributed by atoms with E-state index in [9.17, 15) is 13.2 Å². The molecule has 0 heterocycles. The van der Waals surface area contributed by atoms with Crippen LogP contribution in [-0.2, 0) is 14.8 Å². The summed E-state index contributed by atoms with van der Waals surface area (Å²) in [7, 11) is -2.37. The number of amides is 1. The minimum atomic E-state index is -3.81. The first-order chi connectivity index (χ1) is 13.5. The van der Waals surface area contributed by atoms with Crippen LogP contribution in [-0.4, -0.2) is 33.7 Å². The molecule has 2 rings (SSSR count). The molecule has 2 aromatic carbocycles. The van der Waals surface area contributed by atoms with Crippen molar-refractivity contribution >= 4 is 38.9 Å². The molecule has 0 aliphatic carbocycles. The fourth-order valence-electron chi connectivity index (χ4n) is 3.45. The molecule has 0 aliphatic heterocycles. The molecule has 0 aliphatic rings. The molecule has 1 atom stereocenters. The summed E-state index contributed by atoms with van der Waals surface area (Å²) in [5.41, 5.74) is 3.83. The summed E-state index contributed by atoms with van der Waals surface area (Å²) in [6, 6.07) is 7.63. The minimum absolute atomic E-state index is 0.224. The molecule has 0 aromatic heterocycles. The molecule has 0 unspecified atom stereocenters. The van der Waals surface area contributed by atoms with Crippen LogP contribution in [0.4, 0.5) is 11.4 Å². The number of nitrogens with one attached hydrogen (secondary N) is 1. The van der Waals surface area contributed by atoms with Crippen molar-refractivity contribution in [2.75, 3.05) is 23.0 Å². The molecule has 0 saturated heterocycles. The van der Waals surface area contributed by atoms with Crippen LogP contribution >= 0.6 is 11.6 Å². The first kappa shape index (κ1) is 23.0. The van der Waals surface area contributed by atoms with Crippen molar-refractivity contribution in [3.63, 3.8) is 0 Å². The number of carbonyl (C=O) groups is 1. The molecule has 158 valence electrons. The molecular formula is C21H27ClN2O4S. The van der Waals surface area contributed by atoms with Gasteiger partial charge in [-0.15, -0.1) is 0 Å². The van der Waals surface area contributed by atoms with E-state index in [-0.39, 0.29) is 12.1 Å². The normalized spacial score (nSPS) is 12.4. The summed E-state index contributed by atoms with van der Waals surface area (Å²) in [5, 5.41) is 3.25. The van der Waals surface area contributed by atoms with Crippen molar-refractivity contribution < 1.29 is 17.9 Å². The summed E-state index contributed by atoms with van der Waals surface area (Å²) >= 11 is 6.10. The largest absolute Gasteiger partial charge is 0.495 e. The number of nitrogens with zero attached hydrogens (tertiary/aromatic N) is 1. The van der Waals surface area contributed by atoms with Gasteiger partial charge in [0.25, 0.3) is 0 Å². The first-order valence-electron chi connectivity index (χ1n) is 9.21.